The van der Waals surface area contributed by atoms with E-state index >= 15 is 0 Å². The number of hydrogen-bond donors (Lipinski definition) is 2. The summed E-state index contributed by atoms with van der Waals surface area (Å²) in [6.45, 7) is 8.57. The van der Waals surface area contributed by atoms with Gasteiger partial charge in [0.15, 0.2) is 0 Å². The second-order valence-electron chi connectivity index (χ2n) is 6.69. The molecule has 0 atom stereocenters. The van der Waals surface area contributed by atoms with E-state index in [1.54, 1.807) is 12.1 Å². The van der Waals surface area contributed by atoms with Gasteiger partial charge in [0.25, 0.3) is 0 Å². The van der Waals surface area contributed by atoms with E-state index in [1.165, 1.54) is 12.1 Å². The van der Waals surface area contributed by atoms with Crippen molar-refractivity contribution in [1.29, 1.82) is 0 Å². The number of anilines is 1. The third kappa shape index (κ3) is 4.55. The lowest BCUT2D eigenvalue weighted by Gasteiger charge is -2.24. The summed E-state index contributed by atoms with van der Waals surface area (Å²) in [6, 6.07) is 11.9. The first-order valence-electron chi connectivity index (χ1n) is 7.67. The first-order chi connectivity index (χ1) is 10.8. The van der Waals surface area contributed by atoms with Crippen LogP contribution in [0.2, 0.25) is 0 Å². The number of hydrogen-bond acceptors (Lipinski definition) is 1. The molecule has 0 aromatic heterocycles. The summed E-state index contributed by atoms with van der Waals surface area (Å²) in [7, 11) is 0. The van der Waals surface area contributed by atoms with Crippen LogP contribution in [0.1, 0.15) is 37.5 Å². The third-order valence-corrected chi connectivity index (χ3v) is 3.66. The number of amides is 2. The van der Waals surface area contributed by atoms with Gasteiger partial charge in [0.1, 0.15) is 5.82 Å². The van der Waals surface area contributed by atoms with Crippen molar-refractivity contribution < 1.29 is 9.18 Å². The topological polar surface area (TPSA) is 41.1 Å². The Kier molecular flexibility index (Phi) is 5.04. The zero-order chi connectivity index (χ0) is 17.0. The number of aryl methyl sites for hydroxylation is 1. The fourth-order valence-electron chi connectivity index (χ4n) is 2.45. The van der Waals surface area contributed by atoms with Crippen LogP contribution in [0.15, 0.2) is 42.5 Å². The predicted molar refractivity (Wildman–Crippen MR) is 92.1 cm³/mol. The van der Waals surface area contributed by atoms with Crippen LogP contribution in [0.3, 0.4) is 0 Å². The molecule has 0 unspecified atom stereocenters. The van der Waals surface area contributed by atoms with Crippen LogP contribution in [0.4, 0.5) is 14.9 Å². The standard InChI is InChI=1S/C19H23FN2O/c1-13-7-5-10-16(19(2,3)4)17(13)22-18(23)21-12-14-8-6-9-15(20)11-14/h5-11H,12H2,1-4H3,(H2,21,22,23). The van der Waals surface area contributed by atoms with Crippen molar-refractivity contribution in [3.05, 3.63) is 65.0 Å². The minimum absolute atomic E-state index is 0.0722. The molecule has 0 aliphatic heterocycles. The van der Waals surface area contributed by atoms with E-state index in [0.717, 1.165) is 22.4 Å². The highest BCUT2D eigenvalue weighted by atomic mass is 19.1. The first-order valence-corrected chi connectivity index (χ1v) is 7.67. The largest absolute Gasteiger partial charge is 0.334 e. The predicted octanol–water partition coefficient (Wildman–Crippen LogP) is 4.75. The summed E-state index contributed by atoms with van der Waals surface area (Å²) < 4.78 is 13.1. The molecule has 0 radical (unpaired) electrons. The van der Waals surface area contributed by atoms with Crippen molar-refractivity contribution in [2.24, 2.45) is 0 Å². The van der Waals surface area contributed by atoms with Gasteiger partial charge in [-0.05, 0) is 41.2 Å². The number of para-hydroxylation sites is 1. The van der Waals surface area contributed by atoms with Crippen molar-refractivity contribution in [1.82, 2.24) is 5.32 Å². The SMILES string of the molecule is Cc1cccc(C(C)(C)C)c1NC(=O)NCc1cccc(F)c1. The Bertz CT molecular complexity index is 705. The lowest BCUT2D eigenvalue weighted by Crippen LogP contribution is -2.30. The van der Waals surface area contributed by atoms with Gasteiger partial charge < -0.3 is 10.6 Å². The second-order valence-corrected chi connectivity index (χ2v) is 6.69. The number of benzene rings is 2. The monoisotopic (exact) mass is 314 g/mol. The zero-order valence-corrected chi connectivity index (χ0v) is 14.0. The quantitative estimate of drug-likeness (QED) is 0.843. The molecule has 2 amide bonds. The van der Waals surface area contributed by atoms with Gasteiger partial charge in [-0.2, -0.15) is 0 Å². The maximum atomic E-state index is 13.1. The van der Waals surface area contributed by atoms with E-state index in [0.29, 0.717) is 0 Å². The molecule has 0 saturated carbocycles. The molecule has 2 rings (SSSR count). The number of carbonyl (C=O) groups is 1. The molecule has 0 heterocycles. The molecular formula is C19H23FN2O. The van der Waals surface area contributed by atoms with Gasteiger partial charge in [0, 0.05) is 12.2 Å². The van der Waals surface area contributed by atoms with Crippen molar-refractivity contribution >= 4 is 11.7 Å². The van der Waals surface area contributed by atoms with Gasteiger partial charge >= 0.3 is 6.03 Å². The van der Waals surface area contributed by atoms with E-state index in [4.69, 9.17) is 0 Å². The van der Waals surface area contributed by atoms with Crippen LogP contribution in [0.5, 0.6) is 0 Å². The third-order valence-electron chi connectivity index (χ3n) is 3.66. The Labute approximate surface area is 136 Å². The molecule has 0 bridgehead atoms. The fraction of sp³-hybridized carbons (Fsp3) is 0.316. The highest BCUT2D eigenvalue weighted by Gasteiger charge is 2.20. The number of urea groups is 1. The van der Waals surface area contributed by atoms with Crippen LogP contribution in [-0.4, -0.2) is 6.03 Å². The highest BCUT2D eigenvalue weighted by molar-refractivity contribution is 5.91. The van der Waals surface area contributed by atoms with Crippen molar-refractivity contribution in [3.63, 3.8) is 0 Å². The normalized spacial score (nSPS) is 11.2. The molecule has 0 aliphatic rings. The number of halogens is 1. The molecule has 0 spiro atoms. The van der Waals surface area contributed by atoms with E-state index in [1.807, 2.05) is 25.1 Å². The summed E-state index contributed by atoms with van der Waals surface area (Å²) in [6.07, 6.45) is 0. The summed E-state index contributed by atoms with van der Waals surface area (Å²) in [4.78, 5) is 12.2. The second kappa shape index (κ2) is 6.82. The van der Waals surface area contributed by atoms with Gasteiger partial charge in [-0.1, -0.05) is 51.1 Å². The maximum Gasteiger partial charge on any atom is 0.319 e. The lowest BCUT2D eigenvalue weighted by atomic mass is 9.84. The average Bonchev–Trinajstić information content (AvgIpc) is 2.46. The van der Waals surface area contributed by atoms with E-state index in [2.05, 4.69) is 31.4 Å². The summed E-state index contributed by atoms with van der Waals surface area (Å²) in [5, 5.41) is 5.69. The van der Waals surface area contributed by atoms with Crippen LogP contribution in [-0.2, 0) is 12.0 Å². The molecule has 2 aromatic carbocycles. The van der Waals surface area contributed by atoms with E-state index in [-0.39, 0.29) is 23.8 Å². The van der Waals surface area contributed by atoms with Gasteiger partial charge in [0.2, 0.25) is 0 Å². The molecular weight excluding hydrogens is 291 g/mol. The molecule has 4 heteroatoms. The minimum Gasteiger partial charge on any atom is -0.334 e. The van der Waals surface area contributed by atoms with Crippen LogP contribution in [0, 0.1) is 12.7 Å². The minimum atomic E-state index is -0.307. The molecule has 122 valence electrons. The summed E-state index contributed by atoms with van der Waals surface area (Å²) in [5.41, 5.74) is 3.58. The lowest BCUT2D eigenvalue weighted by molar-refractivity contribution is 0.251. The summed E-state index contributed by atoms with van der Waals surface area (Å²) in [5.74, 6) is -0.307. The number of rotatable bonds is 3. The molecule has 0 fully saturated rings. The Hall–Kier alpha value is -2.36. The van der Waals surface area contributed by atoms with Gasteiger partial charge in [0.05, 0.1) is 0 Å². The average molecular weight is 314 g/mol. The molecule has 0 saturated heterocycles. The van der Waals surface area contributed by atoms with Gasteiger partial charge in [-0.25, -0.2) is 9.18 Å². The van der Waals surface area contributed by atoms with E-state index < -0.39 is 0 Å². The fourth-order valence-corrected chi connectivity index (χ4v) is 2.45. The van der Waals surface area contributed by atoms with E-state index in [9.17, 15) is 9.18 Å². The zero-order valence-electron chi connectivity index (χ0n) is 14.0. The van der Waals surface area contributed by atoms with Gasteiger partial charge in [-0.3, -0.25) is 0 Å². The molecule has 2 aromatic rings. The Morgan fingerprint density at radius 2 is 1.83 bits per heavy atom. The highest BCUT2D eigenvalue weighted by Crippen LogP contribution is 2.31. The van der Waals surface area contributed by atoms with Gasteiger partial charge in [-0.15, -0.1) is 0 Å². The Morgan fingerprint density at radius 1 is 1.13 bits per heavy atom. The van der Waals surface area contributed by atoms with Crippen molar-refractivity contribution in [2.75, 3.05) is 5.32 Å². The van der Waals surface area contributed by atoms with Crippen LogP contribution in [0.25, 0.3) is 0 Å². The maximum absolute atomic E-state index is 13.1. The Morgan fingerprint density at radius 3 is 2.48 bits per heavy atom. The van der Waals surface area contributed by atoms with Crippen LogP contribution < -0.4 is 10.6 Å². The Balaban J connectivity index is 2.09. The molecule has 23 heavy (non-hydrogen) atoms. The smallest absolute Gasteiger partial charge is 0.319 e. The molecule has 2 N–H and O–H groups in total. The number of nitrogens with one attached hydrogen (secondary N) is 2. The van der Waals surface area contributed by atoms with Crippen LogP contribution >= 0.6 is 0 Å². The molecule has 0 aliphatic carbocycles. The molecule has 3 nitrogen and oxygen atoms in total. The number of carbonyl (C=O) groups excluding carboxylic acids is 1. The van der Waals surface area contributed by atoms with Crippen molar-refractivity contribution in [2.45, 2.75) is 39.7 Å². The summed E-state index contributed by atoms with van der Waals surface area (Å²) >= 11 is 0. The first kappa shape index (κ1) is 17.0. The van der Waals surface area contributed by atoms with Crippen molar-refractivity contribution in [3.8, 4) is 0 Å².